The number of nitrogen functional groups attached to an aromatic ring is 1. The minimum absolute atomic E-state index is 0.0184. The second kappa shape index (κ2) is 6.54. The molecule has 0 saturated heterocycles. The monoisotopic (exact) mass is 377 g/mol. The number of anilines is 1. The molecule has 0 aliphatic rings. The lowest BCUT2D eigenvalue weighted by molar-refractivity contribution is 0.0582. The lowest BCUT2D eigenvalue weighted by atomic mass is 10.1. The lowest BCUT2D eigenvalue weighted by Crippen LogP contribution is -2.14. The third-order valence-electron chi connectivity index (χ3n) is 3.17. The van der Waals surface area contributed by atoms with Gasteiger partial charge in [-0.3, -0.25) is 0 Å². The van der Waals surface area contributed by atoms with Crippen LogP contribution in [0.1, 0.15) is 26.4 Å². The van der Waals surface area contributed by atoms with Gasteiger partial charge in [-0.05, 0) is 18.2 Å². The molecule has 2 N–H and O–H groups in total. The number of aromatic nitrogens is 1. The number of nitriles is 1. The van der Waals surface area contributed by atoms with Gasteiger partial charge in [0.15, 0.2) is 5.69 Å². The second-order valence-electron chi connectivity index (χ2n) is 4.43. The lowest BCUT2D eigenvalue weighted by Gasteiger charge is -2.12. The van der Waals surface area contributed by atoms with Crippen molar-refractivity contribution in [3.8, 4) is 11.8 Å². The van der Waals surface area contributed by atoms with Gasteiger partial charge in [0.1, 0.15) is 6.07 Å². The Labute approximate surface area is 140 Å². The van der Waals surface area contributed by atoms with E-state index in [0.717, 1.165) is 0 Å². The summed E-state index contributed by atoms with van der Waals surface area (Å²) in [5.74, 6) is -1.31. The zero-order chi connectivity index (χ0) is 17.1. The largest absolute Gasteiger partial charge is 0.465 e. The summed E-state index contributed by atoms with van der Waals surface area (Å²) in [4.78, 5) is 24.0. The van der Waals surface area contributed by atoms with Crippen molar-refractivity contribution in [1.82, 2.24) is 4.57 Å². The van der Waals surface area contributed by atoms with Crippen LogP contribution in [0.4, 0.5) is 5.69 Å². The van der Waals surface area contributed by atoms with Gasteiger partial charge in [-0.1, -0.05) is 15.9 Å². The molecule has 0 unspecified atom stereocenters. The van der Waals surface area contributed by atoms with Crippen molar-refractivity contribution in [2.45, 2.75) is 0 Å². The fourth-order valence-corrected chi connectivity index (χ4v) is 2.44. The first-order valence-electron chi connectivity index (χ1n) is 6.32. The van der Waals surface area contributed by atoms with Crippen LogP contribution in [0, 0.1) is 11.3 Å². The number of nitrogens with zero attached hydrogens (tertiary/aromatic N) is 2. The number of nitrogens with two attached hydrogens (primary N) is 1. The summed E-state index contributed by atoms with van der Waals surface area (Å²) in [6.07, 6.45) is 1.37. The van der Waals surface area contributed by atoms with Gasteiger partial charge >= 0.3 is 11.9 Å². The molecule has 0 aliphatic carbocycles. The maximum Gasteiger partial charge on any atom is 0.357 e. The molecule has 7 nitrogen and oxygen atoms in total. The molecule has 0 aliphatic heterocycles. The Morgan fingerprint density at radius 3 is 2.48 bits per heavy atom. The molecule has 0 radical (unpaired) electrons. The predicted molar refractivity (Wildman–Crippen MR) is 85.3 cm³/mol. The average Bonchev–Trinajstić information content (AvgIpc) is 2.89. The van der Waals surface area contributed by atoms with Crippen molar-refractivity contribution in [3.63, 3.8) is 0 Å². The van der Waals surface area contributed by atoms with Crippen molar-refractivity contribution in [2.24, 2.45) is 0 Å². The van der Waals surface area contributed by atoms with E-state index < -0.39 is 11.9 Å². The number of esters is 2. The van der Waals surface area contributed by atoms with Crippen LogP contribution >= 0.6 is 15.9 Å². The van der Waals surface area contributed by atoms with E-state index in [4.69, 9.17) is 20.5 Å². The molecule has 0 fully saturated rings. The molecule has 2 rings (SSSR count). The minimum atomic E-state index is -0.722. The molecule has 118 valence electrons. The number of hydrogen-bond donors (Lipinski definition) is 1. The van der Waals surface area contributed by atoms with Crippen LogP contribution in [0.2, 0.25) is 0 Å². The van der Waals surface area contributed by atoms with Crippen molar-refractivity contribution in [3.05, 3.63) is 45.7 Å². The van der Waals surface area contributed by atoms with E-state index >= 15 is 0 Å². The second-order valence-corrected chi connectivity index (χ2v) is 5.35. The first-order valence-corrected chi connectivity index (χ1v) is 7.11. The van der Waals surface area contributed by atoms with Crippen LogP contribution in [0.15, 0.2) is 28.9 Å². The zero-order valence-electron chi connectivity index (χ0n) is 12.3. The topological polar surface area (TPSA) is 107 Å². The third-order valence-corrected chi connectivity index (χ3v) is 3.66. The first-order chi connectivity index (χ1) is 10.9. The number of benzene rings is 1. The molecule has 1 aromatic heterocycles. The summed E-state index contributed by atoms with van der Waals surface area (Å²) in [6, 6.07) is 6.71. The van der Waals surface area contributed by atoms with E-state index in [1.54, 1.807) is 12.1 Å². The number of hydrogen-bond acceptors (Lipinski definition) is 6. The van der Waals surface area contributed by atoms with Crippen molar-refractivity contribution < 1.29 is 19.1 Å². The van der Waals surface area contributed by atoms with Gasteiger partial charge in [-0.15, -0.1) is 0 Å². The number of carbonyl (C=O) groups excluding carboxylic acids is 2. The van der Waals surface area contributed by atoms with Gasteiger partial charge in [0.2, 0.25) is 0 Å². The summed E-state index contributed by atoms with van der Waals surface area (Å²) < 4.78 is 11.5. The van der Waals surface area contributed by atoms with Crippen LogP contribution in [0.5, 0.6) is 0 Å². The minimum Gasteiger partial charge on any atom is -0.465 e. The highest BCUT2D eigenvalue weighted by Gasteiger charge is 2.24. The number of ether oxygens (including phenoxy) is 2. The van der Waals surface area contributed by atoms with Gasteiger partial charge in [-0.2, -0.15) is 5.26 Å². The van der Waals surface area contributed by atoms with E-state index in [0.29, 0.717) is 10.2 Å². The molecule has 0 amide bonds. The van der Waals surface area contributed by atoms with E-state index in [9.17, 15) is 9.59 Å². The molecule has 0 saturated carbocycles. The van der Waals surface area contributed by atoms with Gasteiger partial charge in [0.25, 0.3) is 0 Å². The molecule has 1 aromatic carbocycles. The highest BCUT2D eigenvalue weighted by atomic mass is 79.9. The molecule has 2 aromatic rings. The van der Waals surface area contributed by atoms with Gasteiger partial charge < -0.3 is 19.8 Å². The Bertz CT molecular complexity index is 836. The molecular weight excluding hydrogens is 366 g/mol. The summed E-state index contributed by atoms with van der Waals surface area (Å²) in [5, 5.41) is 9.14. The van der Waals surface area contributed by atoms with Crippen LogP contribution in [-0.2, 0) is 9.47 Å². The first kappa shape index (κ1) is 16.6. The van der Waals surface area contributed by atoms with E-state index in [2.05, 4.69) is 15.9 Å². The number of rotatable bonds is 3. The summed E-state index contributed by atoms with van der Waals surface area (Å²) in [5.41, 5.74) is 6.44. The molecule has 23 heavy (non-hydrogen) atoms. The Morgan fingerprint density at radius 2 is 1.91 bits per heavy atom. The Balaban J connectivity index is 2.82. The fraction of sp³-hybridized carbons (Fsp3) is 0.133. The molecule has 1 heterocycles. The molecule has 0 bridgehead atoms. The number of carbonyl (C=O) groups is 2. The highest BCUT2D eigenvalue weighted by Crippen LogP contribution is 2.28. The normalized spacial score (nSPS) is 10.0. The molecule has 0 atom stereocenters. The standard InChI is InChI=1S/C15H12BrN3O4/c1-22-14(20)10-4-3-9(16)5-11(10)19-7-8(6-17)12(18)13(19)15(21)23-2/h3-5,7H,18H2,1-2H3. The van der Waals surface area contributed by atoms with Crippen molar-refractivity contribution in [2.75, 3.05) is 20.0 Å². The SMILES string of the molecule is COC(=O)c1ccc(Br)cc1-n1cc(C#N)c(N)c1C(=O)OC. The Kier molecular flexibility index (Phi) is 4.71. The van der Waals surface area contributed by atoms with Crippen LogP contribution in [0.25, 0.3) is 5.69 Å². The maximum atomic E-state index is 12.0. The van der Waals surface area contributed by atoms with Crippen LogP contribution in [0.3, 0.4) is 0 Å². The molecule has 0 spiro atoms. The van der Waals surface area contributed by atoms with Gasteiger partial charge in [0, 0.05) is 10.7 Å². The van der Waals surface area contributed by atoms with E-state index in [-0.39, 0.29) is 22.5 Å². The van der Waals surface area contributed by atoms with E-state index in [1.807, 2.05) is 6.07 Å². The van der Waals surface area contributed by atoms with Crippen LogP contribution < -0.4 is 5.73 Å². The Morgan fingerprint density at radius 1 is 1.26 bits per heavy atom. The fourth-order valence-electron chi connectivity index (χ4n) is 2.09. The van der Waals surface area contributed by atoms with Crippen molar-refractivity contribution >= 4 is 33.6 Å². The molecular formula is C15H12BrN3O4. The summed E-state index contributed by atoms with van der Waals surface area (Å²) >= 11 is 3.31. The third kappa shape index (κ3) is 2.91. The smallest absolute Gasteiger partial charge is 0.357 e. The van der Waals surface area contributed by atoms with Gasteiger partial charge in [0.05, 0.1) is 36.7 Å². The Hall–Kier alpha value is -2.79. The van der Waals surface area contributed by atoms with Gasteiger partial charge in [-0.25, -0.2) is 9.59 Å². The number of halogens is 1. The quantitative estimate of drug-likeness (QED) is 0.821. The predicted octanol–water partition coefficient (Wildman–Crippen LogP) is 2.27. The molecule has 8 heteroatoms. The number of methoxy groups -OCH3 is 2. The maximum absolute atomic E-state index is 12.0. The van der Waals surface area contributed by atoms with E-state index in [1.165, 1.54) is 31.0 Å². The zero-order valence-corrected chi connectivity index (χ0v) is 13.9. The summed E-state index contributed by atoms with van der Waals surface area (Å²) in [6.45, 7) is 0. The van der Waals surface area contributed by atoms with Crippen molar-refractivity contribution in [1.29, 1.82) is 5.26 Å². The van der Waals surface area contributed by atoms with Crippen LogP contribution in [-0.4, -0.2) is 30.7 Å². The highest BCUT2D eigenvalue weighted by molar-refractivity contribution is 9.10. The summed E-state index contributed by atoms with van der Waals surface area (Å²) in [7, 11) is 2.45. The average molecular weight is 378 g/mol.